The van der Waals surface area contributed by atoms with E-state index in [0.717, 1.165) is 17.0 Å². The molecule has 0 radical (unpaired) electrons. The van der Waals surface area contributed by atoms with Crippen molar-refractivity contribution in [2.24, 2.45) is 0 Å². The van der Waals surface area contributed by atoms with Gasteiger partial charge in [0.2, 0.25) is 0 Å². The average molecular weight is 329 g/mol. The fraction of sp³-hybridized carbons (Fsp3) is 0.333. The molecule has 1 aliphatic heterocycles. The quantitative estimate of drug-likeness (QED) is 0.940. The summed E-state index contributed by atoms with van der Waals surface area (Å²) in [6.07, 6.45) is -0.863. The molecule has 0 spiro atoms. The molecule has 0 saturated carbocycles. The standard InChI is InChI=1S/C18H20FN3O2/c1-13-15(16-4-2-3-5-17(16)19)7-6-14(20-13)12-21-8-10-22(11-9-21)18(23)24/h2-7H,8-12H2,1H3,(H,23,24). The van der Waals surface area contributed by atoms with E-state index in [4.69, 9.17) is 5.11 Å². The van der Waals surface area contributed by atoms with Gasteiger partial charge in [0.15, 0.2) is 0 Å². The summed E-state index contributed by atoms with van der Waals surface area (Å²) in [5.41, 5.74) is 3.06. The van der Waals surface area contributed by atoms with Crippen molar-refractivity contribution in [2.45, 2.75) is 13.5 Å². The molecule has 0 unspecified atom stereocenters. The Hall–Kier alpha value is -2.47. The van der Waals surface area contributed by atoms with Gasteiger partial charge in [-0.25, -0.2) is 9.18 Å². The molecule has 1 N–H and O–H groups in total. The number of aryl methyl sites for hydroxylation is 1. The minimum atomic E-state index is -0.863. The van der Waals surface area contributed by atoms with Gasteiger partial charge < -0.3 is 10.0 Å². The van der Waals surface area contributed by atoms with Crippen LogP contribution in [0.4, 0.5) is 9.18 Å². The minimum absolute atomic E-state index is 0.250. The van der Waals surface area contributed by atoms with Gasteiger partial charge in [0.25, 0.3) is 0 Å². The molecule has 6 heteroatoms. The van der Waals surface area contributed by atoms with Crippen molar-refractivity contribution in [3.8, 4) is 11.1 Å². The Morgan fingerprint density at radius 1 is 1.12 bits per heavy atom. The summed E-state index contributed by atoms with van der Waals surface area (Å²) in [5, 5.41) is 8.98. The monoisotopic (exact) mass is 329 g/mol. The average Bonchev–Trinajstić information content (AvgIpc) is 2.56. The van der Waals surface area contributed by atoms with E-state index >= 15 is 0 Å². The number of amides is 1. The normalized spacial score (nSPS) is 15.5. The third-order valence-corrected chi connectivity index (χ3v) is 4.34. The summed E-state index contributed by atoms with van der Waals surface area (Å²) in [7, 11) is 0. The maximum atomic E-state index is 13.9. The number of hydrogen-bond acceptors (Lipinski definition) is 3. The highest BCUT2D eigenvalue weighted by Gasteiger charge is 2.20. The van der Waals surface area contributed by atoms with E-state index in [0.29, 0.717) is 38.3 Å². The largest absolute Gasteiger partial charge is 0.465 e. The number of hydrogen-bond donors (Lipinski definition) is 1. The van der Waals surface area contributed by atoms with Crippen LogP contribution in [-0.4, -0.2) is 52.2 Å². The Kier molecular flexibility index (Phi) is 4.76. The van der Waals surface area contributed by atoms with Crippen molar-refractivity contribution in [3.63, 3.8) is 0 Å². The van der Waals surface area contributed by atoms with Crippen LogP contribution < -0.4 is 0 Å². The number of piperazine rings is 1. The topological polar surface area (TPSA) is 56.7 Å². The van der Waals surface area contributed by atoms with E-state index in [-0.39, 0.29) is 5.82 Å². The summed E-state index contributed by atoms with van der Waals surface area (Å²) in [5.74, 6) is -0.250. The predicted molar refractivity (Wildman–Crippen MR) is 89.2 cm³/mol. The van der Waals surface area contributed by atoms with E-state index in [1.165, 1.54) is 11.0 Å². The lowest BCUT2D eigenvalue weighted by molar-refractivity contribution is 0.102. The van der Waals surface area contributed by atoms with Crippen LogP contribution in [0.3, 0.4) is 0 Å². The summed E-state index contributed by atoms with van der Waals surface area (Å²) in [6, 6.07) is 10.5. The van der Waals surface area contributed by atoms with E-state index < -0.39 is 6.09 Å². The molecular weight excluding hydrogens is 309 g/mol. The molecule has 3 rings (SSSR count). The SMILES string of the molecule is Cc1nc(CN2CCN(C(=O)O)CC2)ccc1-c1ccccc1F. The first-order chi connectivity index (χ1) is 11.5. The number of carbonyl (C=O) groups is 1. The molecule has 1 amide bonds. The zero-order chi connectivity index (χ0) is 17.1. The van der Waals surface area contributed by atoms with Crippen LogP contribution in [0, 0.1) is 12.7 Å². The molecule has 2 heterocycles. The van der Waals surface area contributed by atoms with Gasteiger partial charge in [0.05, 0.1) is 5.69 Å². The fourth-order valence-electron chi connectivity index (χ4n) is 2.99. The van der Waals surface area contributed by atoms with Crippen LogP contribution in [0.25, 0.3) is 11.1 Å². The van der Waals surface area contributed by atoms with Gasteiger partial charge in [-0.3, -0.25) is 9.88 Å². The maximum absolute atomic E-state index is 13.9. The lowest BCUT2D eigenvalue weighted by atomic mass is 10.0. The molecule has 0 aliphatic carbocycles. The zero-order valence-electron chi connectivity index (χ0n) is 13.6. The smallest absolute Gasteiger partial charge is 0.407 e. The fourth-order valence-corrected chi connectivity index (χ4v) is 2.99. The Bertz CT molecular complexity index is 743. The first-order valence-electron chi connectivity index (χ1n) is 7.96. The van der Waals surface area contributed by atoms with Gasteiger partial charge in [-0.2, -0.15) is 0 Å². The molecule has 24 heavy (non-hydrogen) atoms. The zero-order valence-corrected chi connectivity index (χ0v) is 13.6. The highest BCUT2D eigenvalue weighted by atomic mass is 19.1. The van der Waals surface area contributed by atoms with Gasteiger partial charge in [-0.15, -0.1) is 0 Å². The van der Waals surface area contributed by atoms with Gasteiger partial charge in [0, 0.05) is 49.5 Å². The van der Waals surface area contributed by atoms with E-state index in [1.807, 2.05) is 25.1 Å². The number of rotatable bonds is 3. The van der Waals surface area contributed by atoms with E-state index in [9.17, 15) is 9.18 Å². The number of pyridine rings is 1. The van der Waals surface area contributed by atoms with Crippen LogP contribution in [0.15, 0.2) is 36.4 Å². The van der Waals surface area contributed by atoms with Crippen molar-refractivity contribution in [2.75, 3.05) is 26.2 Å². The van der Waals surface area contributed by atoms with Crippen LogP contribution in [0.2, 0.25) is 0 Å². The lowest BCUT2D eigenvalue weighted by Crippen LogP contribution is -2.47. The van der Waals surface area contributed by atoms with Crippen molar-refractivity contribution in [1.82, 2.24) is 14.8 Å². The Morgan fingerprint density at radius 2 is 1.83 bits per heavy atom. The second-order valence-corrected chi connectivity index (χ2v) is 5.96. The van der Waals surface area contributed by atoms with E-state index in [1.54, 1.807) is 12.1 Å². The molecular formula is C18H20FN3O2. The number of benzene rings is 1. The Morgan fingerprint density at radius 3 is 2.46 bits per heavy atom. The predicted octanol–water partition coefficient (Wildman–Crippen LogP) is 2.99. The van der Waals surface area contributed by atoms with Crippen LogP contribution >= 0.6 is 0 Å². The molecule has 1 aromatic carbocycles. The number of aromatic nitrogens is 1. The Balaban J connectivity index is 1.70. The van der Waals surface area contributed by atoms with Crippen molar-refractivity contribution in [3.05, 3.63) is 53.6 Å². The van der Waals surface area contributed by atoms with Gasteiger partial charge in [-0.1, -0.05) is 24.3 Å². The molecule has 5 nitrogen and oxygen atoms in total. The maximum Gasteiger partial charge on any atom is 0.407 e. The highest BCUT2D eigenvalue weighted by molar-refractivity contribution is 5.66. The molecule has 2 aromatic rings. The minimum Gasteiger partial charge on any atom is -0.465 e. The Labute approximate surface area is 140 Å². The molecule has 1 aliphatic rings. The molecule has 0 bridgehead atoms. The second-order valence-electron chi connectivity index (χ2n) is 5.96. The molecule has 1 fully saturated rings. The summed E-state index contributed by atoms with van der Waals surface area (Å²) >= 11 is 0. The van der Waals surface area contributed by atoms with Crippen LogP contribution in [0.1, 0.15) is 11.4 Å². The first kappa shape index (κ1) is 16.4. The summed E-state index contributed by atoms with van der Waals surface area (Å²) < 4.78 is 13.9. The van der Waals surface area contributed by atoms with Crippen molar-refractivity contribution in [1.29, 1.82) is 0 Å². The first-order valence-corrected chi connectivity index (χ1v) is 7.96. The number of carboxylic acid groups (broad SMARTS) is 1. The van der Waals surface area contributed by atoms with Gasteiger partial charge in [0.1, 0.15) is 5.82 Å². The van der Waals surface area contributed by atoms with Gasteiger partial charge >= 0.3 is 6.09 Å². The van der Waals surface area contributed by atoms with Crippen molar-refractivity contribution < 1.29 is 14.3 Å². The number of nitrogens with zero attached hydrogens (tertiary/aromatic N) is 3. The molecule has 0 atom stereocenters. The molecule has 1 saturated heterocycles. The molecule has 1 aromatic heterocycles. The third kappa shape index (κ3) is 3.54. The lowest BCUT2D eigenvalue weighted by Gasteiger charge is -2.32. The summed E-state index contributed by atoms with van der Waals surface area (Å²) in [6.45, 7) is 4.98. The summed E-state index contributed by atoms with van der Waals surface area (Å²) in [4.78, 5) is 19.1. The van der Waals surface area contributed by atoms with Crippen LogP contribution in [0.5, 0.6) is 0 Å². The van der Waals surface area contributed by atoms with Crippen LogP contribution in [-0.2, 0) is 6.54 Å². The van der Waals surface area contributed by atoms with E-state index in [2.05, 4.69) is 9.88 Å². The van der Waals surface area contributed by atoms with Gasteiger partial charge in [-0.05, 0) is 19.1 Å². The second kappa shape index (κ2) is 6.97. The van der Waals surface area contributed by atoms with Crippen molar-refractivity contribution >= 4 is 6.09 Å². The highest BCUT2D eigenvalue weighted by Crippen LogP contribution is 2.25. The third-order valence-electron chi connectivity index (χ3n) is 4.34. The number of halogens is 1. The molecule has 126 valence electrons.